The number of hydrogen-bond acceptors (Lipinski definition) is 3. The van der Waals surface area contributed by atoms with Crippen molar-refractivity contribution in [1.82, 2.24) is 5.32 Å². The zero-order valence-corrected chi connectivity index (χ0v) is 12.0. The third-order valence-corrected chi connectivity index (χ3v) is 3.11. The van der Waals surface area contributed by atoms with E-state index in [1.54, 1.807) is 0 Å². The van der Waals surface area contributed by atoms with Crippen LogP contribution in [-0.4, -0.2) is 24.2 Å². The van der Waals surface area contributed by atoms with Crippen LogP contribution in [0.4, 0.5) is 0 Å². The van der Waals surface area contributed by atoms with Gasteiger partial charge in [-0.25, -0.2) is 0 Å². The highest BCUT2D eigenvalue weighted by Gasteiger charge is 2.13. The minimum atomic E-state index is -0.416. The van der Waals surface area contributed by atoms with Gasteiger partial charge in [0.1, 0.15) is 5.75 Å². The summed E-state index contributed by atoms with van der Waals surface area (Å²) < 4.78 is 5.41. The summed E-state index contributed by atoms with van der Waals surface area (Å²) in [5.74, 6) is 0.384. The normalized spacial score (nSPS) is 11.7. The summed E-state index contributed by atoms with van der Waals surface area (Å²) in [5.41, 5.74) is 2.00. The van der Waals surface area contributed by atoms with E-state index in [1.165, 1.54) is 0 Å². The van der Waals surface area contributed by atoms with Crippen LogP contribution in [0.1, 0.15) is 17.2 Å². The van der Waals surface area contributed by atoms with Crippen molar-refractivity contribution in [2.75, 3.05) is 13.2 Å². The number of carbonyl (C=O) groups is 1. The van der Waals surface area contributed by atoms with Crippen LogP contribution < -0.4 is 10.1 Å². The average Bonchev–Trinajstić information content (AvgIpc) is 2.53. The van der Waals surface area contributed by atoms with E-state index in [1.807, 2.05) is 61.5 Å². The quantitative estimate of drug-likeness (QED) is 0.855. The van der Waals surface area contributed by atoms with Crippen molar-refractivity contribution in [3.8, 4) is 5.75 Å². The Bertz CT molecular complexity index is 566. The van der Waals surface area contributed by atoms with Crippen LogP contribution in [0.2, 0.25) is 0 Å². The Morgan fingerprint density at radius 1 is 1.14 bits per heavy atom. The molecule has 0 aliphatic carbocycles. The minimum absolute atomic E-state index is 0.0770. The van der Waals surface area contributed by atoms with Gasteiger partial charge in [0.05, 0.1) is 12.6 Å². The number of benzene rings is 2. The van der Waals surface area contributed by atoms with Crippen molar-refractivity contribution >= 4 is 5.91 Å². The number of ether oxygens (including phenoxy) is 1. The van der Waals surface area contributed by atoms with E-state index in [2.05, 4.69) is 5.32 Å². The molecule has 1 atom stereocenters. The van der Waals surface area contributed by atoms with E-state index in [0.717, 1.165) is 11.1 Å². The number of aryl methyl sites for hydroxylation is 1. The molecule has 1 amide bonds. The smallest absolute Gasteiger partial charge is 0.258 e. The maximum atomic E-state index is 11.9. The van der Waals surface area contributed by atoms with Gasteiger partial charge in [-0.1, -0.05) is 48.0 Å². The molecule has 0 aromatic heterocycles. The molecule has 2 aromatic rings. The van der Waals surface area contributed by atoms with E-state index in [0.29, 0.717) is 5.75 Å². The average molecular weight is 285 g/mol. The van der Waals surface area contributed by atoms with Gasteiger partial charge in [-0.3, -0.25) is 4.79 Å². The number of aliphatic hydroxyl groups excluding tert-OH is 1. The van der Waals surface area contributed by atoms with Crippen molar-refractivity contribution in [1.29, 1.82) is 0 Å². The zero-order valence-electron chi connectivity index (χ0n) is 12.0. The molecule has 0 aliphatic heterocycles. The molecule has 0 aliphatic rings. The predicted octanol–water partition coefficient (Wildman–Crippen LogP) is 2.22. The Hall–Kier alpha value is -2.33. The second-order valence-electron chi connectivity index (χ2n) is 4.82. The van der Waals surface area contributed by atoms with Crippen LogP contribution >= 0.6 is 0 Å². The Kier molecular flexibility index (Phi) is 5.35. The third kappa shape index (κ3) is 4.61. The molecular formula is C17H19NO3. The summed E-state index contributed by atoms with van der Waals surface area (Å²) in [6.45, 7) is 1.76. The molecular weight excluding hydrogens is 266 g/mol. The maximum absolute atomic E-state index is 11.9. The van der Waals surface area contributed by atoms with Gasteiger partial charge in [-0.2, -0.15) is 0 Å². The summed E-state index contributed by atoms with van der Waals surface area (Å²) in [5, 5.41) is 12.1. The highest BCUT2D eigenvalue weighted by molar-refractivity contribution is 5.78. The van der Waals surface area contributed by atoms with Gasteiger partial charge >= 0.3 is 0 Å². The van der Waals surface area contributed by atoms with E-state index >= 15 is 0 Å². The number of carbonyl (C=O) groups excluding carboxylic acids is 1. The molecule has 0 radical (unpaired) electrons. The molecule has 0 bridgehead atoms. The van der Waals surface area contributed by atoms with Gasteiger partial charge in [0, 0.05) is 0 Å². The molecule has 0 saturated heterocycles. The lowest BCUT2D eigenvalue weighted by molar-refractivity contribution is -0.124. The van der Waals surface area contributed by atoms with E-state index in [4.69, 9.17) is 4.74 Å². The van der Waals surface area contributed by atoms with E-state index in [9.17, 15) is 9.90 Å². The summed E-state index contributed by atoms with van der Waals surface area (Å²) in [4.78, 5) is 11.9. The molecule has 21 heavy (non-hydrogen) atoms. The van der Waals surface area contributed by atoms with Crippen molar-refractivity contribution in [2.24, 2.45) is 0 Å². The predicted molar refractivity (Wildman–Crippen MR) is 81.1 cm³/mol. The zero-order chi connectivity index (χ0) is 15.1. The lowest BCUT2D eigenvalue weighted by Crippen LogP contribution is -2.34. The fourth-order valence-corrected chi connectivity index (χ4v) is 1.94. The second-order valence-corrected chi connectivity index (χ2v) is 4.82. The lowest BCUT2D eigenvalue weighted by Gasteiger charge is -2.17. The van der Waals surface area contributed by atoms with Gasteiger partial charge in [-0.05, 0) is 24.6 Å². The van der Waals surface area contributed by atoms with Crippen molar-refractivity contribution in [2.45, 2.75) is 13.0 Å². The summed E-state index contributed by atoms with van der Waals surface area (Å²) >= 11 is 0. The first-order chi connectivity index (χ1) is 10.2. The van der Waals surface area contributed by atoms with Crippen LogP contribution in [0.3, 0.4) is 0 Å². The number of nitrogens with one attached hydrogen (secondary N) is 1. The van der Waals surface area contributed by atoms with Crippen LogP contribution in [0.15, 0.2) is 54.6 Å². The summed E-state index contributed by atoms with van der Waals surface area (Å²) in [6, 6.07) is 16.4. The highest BCUT2D eigenvalue weighted by atomic mass is 16.5. The van der Waals surface area contributed by atoms with Gasteiger partial charge in [0.2, 0.25) is 0 Å². The number of aliphatic hydroxyl groups is 1. The van der Waals surface area contributed by atoms with Crippen molar-refractivity contribution in [3.05, 3.63) is 65.7 Å². The van der Waals surface area contributed by atoms with E-state index in [-0.39, 0.29) is 19.1 Å². The second kappa shape index (κ2) is 7.45. The molecule has 0 spiro atoms. The molecule has 4 nitrogen and oxygen atoms in total. The van der Waals surface area contributed by atoms with Gasteiger partial charge in [0.15, 0.2) is 6.61 Å². The number of hydrogen-bond donors (Lipinski definition) is 2. The molecule has 2 N–H and O–H groups in total. The monoisotopic (exact) mass is 285 g/mol. The van der Waals surface area contributed by atoms with Crippen LogP contribution in [0, 0.1) is 6.92 Å². The largest absolute Gasteiger partial charge is 0.484 e. The van der Waals surface area contributed by atoms with Crippen molar-refractivity contribution in [3.63, 3.8) is 0 Å². The van der Waals surface area contributed by atoms with Gasteiger partial charge < -0.3 is 15.2 Å². The molecule has 0 saturated carbocycles. The third-order valence-electron chi connectivity index (χ3n) is 3.11. The SMILES string of the molecule is Cc1ccc(OCC(=O)NC(CO)c2ccccc2)cc1. The van der Waals surface area contributed by atoms with Crippen LogP contribution in [0.25, 0.3) is 0 Å². The Morgan fingerprint density at radius 2 is 1.81 bits per heavy atom. The van der Waals surface area contributed by atoms with Gasteiger partial charge in [-0.15, -0.1) is 0 Å². The molecule has 0 heterocycles. The molecule has 1 unspecified atom stereocenters. The lowest BCUT2D eigenvalue weighted by atomic mass is 10.1. The first-order valence-corrected chi connectivity index (χ1v) is 6.83. The molecule has 2 aromatic carbocycles. The molecule has 4 heteroatoms. The topological polar surface area (TPSA) is 58.6 Å². The number of rotatable bonds is 6. The first kappa shape index (κ1) is 15.1. The Morgan fingerprint density at radius 3 is 2.43 bits per heavy atom. The molecule has 2 rings (SSSR count). The number of amides is 1. The van der Waals surface area contributed by atoms with Gasteiger partial charge in [0.25, 0.3) is 5.91 Å². The molecule has 0 fully saturated rings. The Labute approximate surface area is 124 Å². The minimum Gasteiger partial charge on any atom is -0.484 e. The van der Waals surface area contributed by atoms with Crippen LogP contribution in [-0.2, 0) is 4.79 Å². The summed E-state index contributed by atoms with van der Waals surface area (Å²) in [6.07, 6.45) is 0. The Balaban J connectivity index is 1.87. The molecule has 110 valence electrons. The fourth-order valence-electron chi connectivity index (χ4n) is 1.94. The van der Waals surface area contributed by atoms with Crippen LogP contribution in [0.5, 0.6) is 5.75 Å². The fraction of sp³-hybridized carbons (Fsp3) is 0.235. The summed E-state index contributed by atoms with van der Waals surface area (Å²) in [7, 11) is 0. The standard InChI is InChI=1S/C17H19NO3/c1-13-7-9-15(10-8-13)21-12-17(20)18-16(11-19)14-5-3-2-4-6-14/h2-10,16,19H,11-12H2,1H3,(H,18,20). The van der Waals surface area contributed by atoms with Crippen molar-refractivity contribution < 1.29 is 14.6 Å². The first-order valence-electron chi connectivity index (χ1n) is 6.83. The maximum Gasteiger partial charge on any atom is 0.258 e. The van der Waals surface area contributed by atoms with E-state index < -0.39 is 6.04 Å². The highest BCUT2D eigenvalue weighted by Crippen LogP contribution is 2.13.